The van der Waals surface area contributed by atoms with Crippen LogP contribution in [0.3, 0.4) is 0 Å². The average molecular weight is 360 g/mol. The minimum absolute atomic E-state index is 0.470. The lowest BCUT2D eigenvalue weighted by Gasteiger charge is -2.17. The smallest absolute Gasteiger partial charge is 0.249 e. The van der Waals surface area contributed by atoms with Gasteiger partial charge < -0.3 is 15.5 Å². The van der Waals surface area contributed by atoms with E-state index < -0.39 is 0 Å². The van der Waals surface area contributed by atoms with E-state index in [1.165, 1.54) is 24.1 Å². The topological polar surface area (TPSA) is 66.0 Å². The van der Waals surface area contributed by atoms with Crippen molar-refractivity contribution in [2.45, 2.75) is 26.2 Å². The zero-order valence-corrected chi connectivity index (χ0v) is 15.5. The molecule has 0 aliphatic carbocycles. The first-order chi connectivity index (χ1) is 13.3. The molecule has 3 aromatic rings. The van der Waals surface area contributed by atoms with Gasteiger partial charge in [-0.25, -0.2) is 0 Å². The molecule has 0 unspecified atom stereocenters. The van der Waals surface area contributed by atoms with Crippen molar-refractivity contribution in [1.82, 2.24) is 15.2 Å². The Kier molecular flexibility index (Phi) is 5.14. The lowest BCUT2D eigenvalue weighted by atomic mass is 10.1. The van der Waals surface area contributed by atoms with Gasteiger partial charge in [0.25, 0.3) is 0 Å². The van der Waals surface area contributed by atoms with Crippen LogP contribution in [0.15, 0.2) is 54.7 Å². The van der Waals surface area contributed by atoms with Gasteiger partial charge in [-0.15, -0.1) is 5.10 Å². The lowest BCUT2D eigenvalue weighted by molar-refractivity contribution is 0.949. The van der Waals surface area contributed by atoms with Gasteiger partial charge in [0.1, 0.15) is 0 Å². The Balaban J connectivity index is 1.42. The van der Waals surface area contributed by atoms with Gasteiger partial charge in [0, 0.05) is 30.2 Å². The summed E-state index contributed by atoms with van der Waals surface area (Å²) in [5.74, 6) is 1.13. The fourth-order valence-electron chi connectivity index (χ4n) is 3.25. The summed E-state index contributed by atoms with van der Waals surface area (Å²) < 4.78 is 0. The third kappa shape index (κ3) is 4.34. The summed E-state index contributed by atoms with van der Waals surface area (Å²) in [6.45, 7) is 4.44. The summed E-state index contributed by atoms with van der Waals surface area (Å²) in [4.78, 5) is 6.92. The summed E-state index contributed by atoms with van der Waals surface area (Å²) in [5.41, 5.74) is 4.50. The second-order valence-corrected chi connectivity index (χ2v) is 6.71. The summed E-state index contributed by atoms with van der Waals surface area (Å²) in [6, 6.07) is 16.7. The van der Waals surface area contributed by atoms with Crippen LogP contribution >= 0.6 is 0 Å². The molecule has 0 amide bonds. The molecule has 4 rings (SSSR count). The molecule has 1 aliphatic heterocycles. The van der Waals surface area contributed by atoms with Crippen molar-refractivity contribution in [2.24, 2.45) is 0 Å². The molecule has 138 valence electrons. The van der Waals surface area contributed by atoms with Gasteiger partial charge in [-0.3, -0.25) is 0 Å². The normalized spacial score (nSPS) is 13.6. The van der Waals surface area contributed by atoms with Gasteiger partial charge in [0.15, 0.2) is 5.82 Å². The number of hydrogen-bond donors (Lipinski definition) is 2. The Morgan fingerprint density at radius 2 is 1.56 bits per heavy atom. The molecule has 6 nitrogen and oxygen atoms in total. The number of rotatable bonds is 6. The van der Waals surface area contributed by atoms with Crippen LogP contribution in [0.4, 0.5) is 28.8 Å². The van der Waals surface area contributed by atoms with E-state index >= 15 is 0 Å². The molecule has 1 aliphatic rings. The number of benzene rings is 2. The van der Waals surface area contributed by atoms with Gasteiger partial charge in [0.2, 0.25) is 5.95 Å². The molecule has 2 N–H and O–H groups in total. The Morgan fingerprint density at radius 3 is 2.26 bits per heavy atom. The van der Waals surface area contributed by atoms with Crippen molar-refractivity contribution < 1.29 is 0 Å². The molecule has 27 heavy (non-hydrogen) atoms. The fraction of sp³-hybridized carbons (Fsp3) is 0.286. The quantitative estimate of drug-likeness (QED) is 0.674. The molecule has 0 atom stereocenters. The average Bonchev–Trinajstić information content (AvgIpc) is 3.24. The minimum Gasteiger partial charge on any atom is -0.372 e. The van der Waals surface area contributed by atoms with Gasteiger partial charge in [-0.05, 0) is 61.2 Å². The lowest BCUT2D eigenvalue weighted by Crippen LogP contribution is -2.17. The van der Waals surface area contributed by atoms with Gasteiger partial charge >= 0.3 is 0 Å². The second kappa shape index (κ2) is 8.03. The molecule has 0 saturated carbocycles. The highest BCUT2D eigenvalue weighted by Gasteiger charge is 2.11. The first-order valence-corrected chi connectivity index (χ1v) is 9.48. The standard InChI is InChI=1S/C21H24N6/c1-2-16-5-7-18(8-6-16)24-21-25-20(15-22-26-21)23-17-9-11-19(12-10-17)27-13-3-4-14-27/h5-12,15H,2-4,13-14H2,1H3,(H2,23,24,25,26). The van der Waals surface area contributed by atoms with Gasteiger partial charge in [0.05, 0.1) is 6.20 Å². The Hall–Kier alpha value is -3.15. The maximum absolute atomic E-state index is 4.50. The van der Waals surface area contributed by atoms with Crippen molar-refractivity contribution in [2.75, 3.05) is 28.6 Å². The molecule has 0 spiro atoms. The van der Waals surface area contributed by atoms with Crippen LogP contribution in [0, 0.1) is 0 Å². The molecule has 2 aromatic carbocycles. The van der Waals surface area contributed by atoms with Crippen LogP contribution < -0.4 is 15.5 Å². The number of nitrogens with zero attached hydrogens (tertiary/aromatic N) is 4. The molecule has 1 saturated heterocycles. The van der Waals surface area contributed by atoms with E-state index in [1.54, 1.807) is 6.20 Å². The summed E-state index contributed by atoms with van der Waals surface area (Å²) in [5, 5.41) is 14.6. The molecule has 2 heterocycles. The predicted octanol–water partition coefficient (Wildman–Crippen LogP) is 4.52. The van der Waals surface area contributed by atoms with Crippen molar-refractivity contribution in [3.63, 3.8) is 0 Å². The van der Waals surface area contributed by atoms with Gasteiger partial charge in [-0.2, -0.15) is 10.1 Å². The maximum atomic E-state index is 4.50. The number of anilines is 5. The van der Waals surface area contributed by atoms with Crippen molar-refractivity contribution in [1.29, 1.82) is 0 Å². The van der Waals surface area contributed by atoms with E-state index in [0.29, 0.717) is 11.8 Å². The highest BCUT2D eigenvalue weighted by Crippen LogP contribution is 2.23. The summed E-state index contributed by atoms with van der Waals surface area (Å²) in [6.07, 6.45) is 5.21. The van der Waals surface area contributed by atoms with E-state index in [2.05, 4.69) is 74.0 Å². The molecule has 6 heteroatoms. The third-order valence-electron chi connectivity index (χ3n) is 4.79. The summed E-state index contributed by atoms with van der Waals surface area (Å²) in [7, 11) is 0. The minimum atomic E-state index is 0.470. The van der Waals surface area contributed by atoms with E-state index in [0.717, 1.165) is 30.9 Å². The molecule has 1 fully saturated rings. The van der Waals surface area contributed by atoms with Crippen LogP contribution in [0.5, 0.6) is 0 Å². The van der Waals surface area contributed by atoms with Crippen molar-refractivity contribution >= 4 is 28.8 Å². The van der Waals surface area contributed by atoms with Crippen LogP contribution in [0.2, 0.25) is 0 Å². The molecule has 0 radical (unpaired) electrons. The van der Waals surface area contributed by atoms with Crippen LogP contribution in [0.25, 0.3) is 0 Å². The van der Waals surface area contributed by atoms with Crippen LogP contribution in [-0.4, -0.2) is 28.3 Å². The van der Waals surface area contributed by atoms with Crippen LogP contribution in [-0.2, 0) is 6.42 Å². The van der Waals surface area contributed by atoms with Crippen LogP contribution in [0.1, 0.15) is 25.3 Å². The molecule has 0 bridgehead atoms. The summed E-state index contributed by atoms with van der Waals surface area (Å²) >= 11 is 0. The Morgan fingerprint density at radius 1 is 0.889 bits per heavy atom. The number of nitrogens with one attached hydrogen (secondary N) is 2. The number of aryl methyl sites for hydroxylation is 1. The van der Waals surface area contributed by atoms with E-state index in [-0.39, 0.29) is 0 Å². The first kappa shape index (κ1) is 17.3. The number of aromatic nitrogens is 3. The van der Waals surface area contributed by atoms with E-state index in [9.17, 15) is 0 Å². The molecule has 1 aromatic heterocycles. The zero-order valence-electron chi connectivity index (χ0n) is 15.5. The first-order valence-electron chi connectivity index (χ1n) is 9.48. The van der Waals surface area contributed by atoms with Gasteiger partial charge in [-0.1, -0.05) is 19.1 Å². The predicted molar refractivity (Wildman–Crippen MR) is 110 cm³/mol. The monoisotopic (exact) mass is 360 g/mol. The highest BCUT2D eigenvalue weighted by molar-refractivity contribution is 5.62. The Labute approximate surface area is 159 Å². The van der Waals surface area contributed by atoms with E-state index in [4.69, 9.17) is 0 Å². The molecular weight excluding hydrogens is 336 g/mol. The highest BCUT2D eigenvalue weighted by atomic mass is 15.3. The Bertz CT molecular complexity index is 870. The molecular formula is C21H24N6. The maximum Gasteiger partial charge on any atom is 0.249 e. The number of hydrogen-bond acceptors (Lipinski definition) is 6. The van der Waals surface area contributed by atoms with Crippen molar-refractivity contribution in [3.8, 4) is 0 Å². The van der Waals surface area contributed by atoms with Crippen molar-refractivity contribution in [3.05, 3.63) is 60.3 Å². The third-order valence-corrected chi connectivity index (χ3v) is 4.79. The zero-order chi connectivity index (χ0) is 18.5. The SMILES string of the molecule is CCc1ccc(Nc2nncc(Nc3ccc(N4CCCC4)cc3)n2)cc1. The second-order valence-electron chi connectivity index (χ2n) is 6.71. The van der Waals surface area contributed by atoms with E-state index in [1.807, 2.05) is 12.1 Å². The largest absolute Gasteiger partial charge is 0.372 e. The fourth-order valence-corrected chi connectivity index (χ4v) is 3.25.